The van der Waals surface area contributed by atoms with Crippen LogP contribution in [0, 0.1) is 0 Å². The molecule has 1 atom stereocenters. The van der Waals surface area contributed by atoms with Crippen LogP contribution in [0.4, 0.5) is 13.2 Å². The topological polar surface area (TPSA) is 49.9 Å². The number of hydrogen-bond acceptors (Lipinski definition) is 4. The van der Waals surface area contributed by atoms with Gasteiger partial charge in [-0.15, -0.1) is 0 Å². The number of benzene rings is 1. The van der Waals surface area contributed by atoms with Crippen molar-refractivity contribution in [2.45, 2.75) is 64.3 Å². The van der Waals surface area contributed by atoms with Crippen molar-refractivity contribution in [3.8, 4) is 0 Å². The van der Waals surface area contributed by atoms with Crippen LogP contribution in [0.5, 0.6) is 0 Å². The van der Waals surface area contributed by atoms with Crippen molar-refractivity contribution in [1.29, 1.82) is 0 Å². The number of amides is 1. The number of carbonyl (C=O) groups is 2. The molecular formula is C24H29F3N2O3. The molecule has 1 aromatic carbocycles. The summed E-state index contributed by atoms with van der Waals surface area (Å²) in [5.41, 5.74) is 1.19. The predicted octanol–water partition coefficient (Wildman–Crippen LogP) is 4.10. The third kappa shape index (κ3) is 4.29. The minimum absolute atomic E-state index is 0.0675. The molecule has 1 unspecified atom stereocenters. The average molecular weight is 451 g/mol. The second-order valence-electron chi connectivity index (χ2n) is 9.00. The number of hydrogen-bond donors (Lipinski definition) is 0. The maximum absolute atomic E-state index is 13.2. The van der Waals surface area contributed by atoms with Crippen LogP contribution >= 0.6 is 0 Å². The number of carbonyl (C=O) groups excluding carboxylic acids is 2. The van der Waals surface area contributed by atoms with E-state index in [1.807, 2.05) is 0 Å². The summed E-state index contributed by atoms with van der Waals surface area (Å²) in [6.45, 7) is 7.07. The summed E-state index contributed by atoms with van der Waals surface area (Å²) in [6.07, 6.45) is -1.61. The molecule has 1 aromatic rings. The first kappa shape index (κ1) is 22.8. The normalized spacial score (nSPS) is 24.5. The highest BCUT2D eigenvalue weighted by Gasteiger charge is 2.47. The van der Waals surface area contributed by atoms with Gasteiger partial charge in [0.15, 0.2) is 0 Å². The van der Waals surface area contributed by atoms with E-state index in [4.69, 9.17) is 4.74 Å². The summed E-state index contributed by atoms with van der Waals surface area (Å²) in [7, 11) is 0. The molecule has 3 heterocycles. The van der Waals surface area contributed by atoms with Gasteiger partial charge in [0, 0.05) is 31.6 Å². The molecule has 1 saturated heterocycles. The number of ether oxygens (including phenoxy) is 1. The van der Waals surface area contributed by atoms with Crippen LogP contribution in [0.15, 0.2) is 29.3 Å². The number of nitrogens with zero attached hydrogens (tertiary/aromatic N) is 2. The molecule has 5 nitrogen and oxygen atoms in total. The van der Waals surface area contributed by atoms with E-state index in [9.17, 15) is 22.8 Å². The zero-order chi connectivity index (χ0) is 23.1. The molecule has 3 aliphatic heterocycles. The number of fused-ring (bicyclic) bond motifs is 1. The Morgan fingerprint density at radius 1 is 1.16 bits per heavy atom. The average Bonchev–Trinajstić information content (AvgIpc) is 2.90. The van der Waals surface area contributed by atoms with E-state index in [-0.39, 0.29) is 24.8 Å². The molecule has 0 bridgehead atoms. The Morgan fingerprint density at radius 2 is 1.94 bits per heavy atom. The van der Waals surface area contributed by atoms with Crippen molar-refractivity contribution in [2.24, 2.45) is 0 Å². The Labute approximate surface area is 186 Å². The van der Waals surface area contributed by atoms with E-state index in [2.05, 4.69) is 11.8 Å². The second-order valence-corrected chi connectivity index (χ2v) is 9.00. The van der Waals surface area contributed by atoms with E-state index in [1.54, 1.807) is 11.8 Å². The van der Waals surface area contributed by atoms with Gasteiger partial charge in [-0.2, -0.15) is 13.2 Å². The summed E-state index contributed by atoms with van der Waals surface area (Å²) in [5.74, 6) is -0.534. The zero-order valence-corrected chi connectivity index (χ0v) is 18.6. The van der Waals surface area contributed by atoms with Gasteiger partial charge in [-0.1, -0.05) is 13.0 Å². The van der Waals surface area contributed by atoms with Gasteiger partial charge in [0.05, 0.1) is 12.0 Å². The molecule has 0 aliphatic carbocycles. The van der Waals surface area contributed by atoms with Crippen molar-refractivity contribution < 1.29 is 27.5 Å². The fourth-order valence-corrected chi connectivity index (χ4v) is 5.17. The molecule has 0 saturated carbocycles. The van der Waals surface area contributed by atoms with E-state index in [0.717, 1.165) is 49.3 Å². The number of rotatable bonds is 3. The lowest BCUT2D eigenvalue weighted by Crippen LogP contribution is -2.39. The van der Waals surface area contributed by atoms with Crippen LogP contribution in [0.25, 0.3) is 0 Å². The Bertz CT molecular complexity index is 956. The monoisotopic (exact) mass is 450 g/mol. The van der Waals surface area contributed by atoms with Gasteiger partial charge in [0.2, 0.25) is 5.91 Å². The van der Waals surface area contributed by atoms with Gasteiger partial charge in [0.1, 0.15) is 5.60 Å². The fraction of sp³-hybridized carbons (Fsp3) is 0.583. The Balaban J connectivity index is 1.52. The van der Waals surface area contributed by atoms with Crippen molar-refractivity contribution in [3.63, 3.8) is 0 Å². The van der Waals surface area contributed by atoms with E-state index in [0.29, 0.717) is 36.9 Å². The first-order chi connectivity index (χ1) is 15.1. The van der Waals surface area contributed by atoms with E-state index >= 15 is 0 Å². The third-order valence-electron chi connectivity index (χ3n) is 7.16. The first-order valence-corrected chi connectivity index (χ1v) is 11.3. The lowest BCUT2D eigenvalue weighted by atomic mass is 9.83. The van der Waals surface area contributed by atoms with Gasteiger partial charge >= 0.3 is 12.1 Å². The Kier molecular flexibility index (Phi) is 6.09. The largest absolute Gasteiger partial charge is 0.451 e. The van der Waals surface area contributed by atoms with Crippen molar-refractivity contribution in [1.82, 2.24) is 9.80 Å². The highest BCUT2D eigenvalue weighted by molar-refractivity contribution is 5.94. The van der Waals surface area contributed by atoms with Gasteiger partial charge in [0.25, 0.3) is 0 Å². The smallest absolute Gasteiger partial charge is 0.416 e. The second kappa shape index (κ2) is 8.54. The Morgan fingerprint density at radius 3 is 2.66 bits per heavy atom. The molecule has 1 spiro atoms. The summed E-state index contributed by atoms with van der Waals surface area (Å²) in [5, 5.41) is 0. The summed E-state index contributed by atoms with van der Waals surface area (Å²) < 4.78 is 45.2. The minimum Gasteiger partial charge on any atom is -0.451 e. The molecule has 1 amide bonds. The fourth-order valence-electron chi connectivity index (χ4n) is 5.17. The molecule has 0 radical (unpaired) electrons. The van der Waals surface area contributed by atoms with Gasteiger partial charge < -0.3 is 14.5 Å². The predicted molar refractivity (Wildman–Crippen MR) is 113 cm³/mol. The zero-order valence-electron chi connectivity index (χ0n) is 18.6. The Hall–Kier alpha value is -2.35. The SMILES string of the molecule is CCN1CCCC2(CC1)OC(=O)C(C)=C2CC(=O)N1CCc2ccc(C(F)(F)F)cc2C1. The quantitative estimate of drug-likeness (QED) is 0.651. The highest BCUT2D eigenvalue weighted by atomic mass is 19.4. The van der Waals surface area contributed by atoms with Crippen LogP contribution in [0.1, 0.15) is 56.2 Å². The molecule has 174 valence electrons. The lowest BCUT2D eigenvalue weighted by Gasteiger charge is -2.33. The molecule has 0 aromatic heterocycles. The number of esters is 1. The number of halogens is 3. The van der Waals surface area contributed by atoms with Crippen molar-refractivity contribution in [3.05, 3.63) is 46.0 Å². The summed E-state index contributed by atoms with van der Waals surface area (Å²) in [6, 6.07) is 3.76. The van der Waals surface area contributed by atoms with Crippen LogP contribution < -0.4 is 0 Å². The number of alkyl halides is 3. The summed E-state index contributed by atoms with van der Waals surface area (Å²) >= 11 is 0. The molecular weight excluding hydrogens is 421 g/mol. The summed E-state index contributed by atoms with van der Waals surface area (Å²) in [4.78, 5) is 29.6. The minimum atomic E-state index is -4.41. The van der Waals surface area contributed by atoms with Gasteiger partial charge in [-0.3, -0.25) is 4.79 Å². The molecule has 3 aliphatic rings. The van der Waals surface area contributed by atoms with Crippen LogP contribution in [0.3, 0.4) is 0 Å². The van der Waals surface area contributed by atoms with Gasteiger partial charge in [-0.05, 0) is 68.1 Å². The van der Waals surface area contributed by atoms with E-state index in [1.165, 1.54) is 6.07 Å². The van der Waals surface area contributed by atoms with Crippen LogP contribution in [0.2, 0.25) is 0 Å². The number of likely N-dealkylation sites (tertiary alicyclic amines) is 1. The maximum Gasteiger partial charge on any atom is 0.416 e. The van der Waals surface area contributed by atoms with Crippen LogP contribution in [-0.4, -0.2) is 53.5 Å². The van der Waals surface area contributed by atoms with E-state index < -0.39 is 17.3 Å². The molecule has 1 fully saturated rings. The van der Waals surface area contributed by atoms with Crippen molar-refractivity contribution >= 4 is 11.9 Å². The van der Waals surface area contributed by atoms with Gasteiger partial charge in [-0.25, -0.2) is 4.79 Å². The molecule has 4 rings (SSSR count). The third-order valence-corrected chi connectivity index (χ3v) is 7.16. The maximum atomic E-state index is 13.2. The van der Waals surface area contributed by atoms with Crippen LogP contribution in [-0.2, 0) is 33.5 Å². The first-order valence-electron chi connectivity index (χ1n) is 11.3. The molecule has 0 N–H and O–H groups in total. The standard InChI is InChI=1S/C24H29F3N2O3/c1-3-28-10-4-8-23(9-12-28)20(16(2)22(31)32-23)14-21(30)29-11-7-17-5-6-19(24(25,26)27)13-18(17)15-29/h5-6,13H,3-4,7-12,14-15H2,1-2H3. The molecule has 32 heavy (non-hydrogen) atoms. The highest BCUT2D eigenvalue weighted by Crippen LogP contribution is 2.43. The van der Waals surface area contributed by atoms with Crippen molar-refractivity contribution in [2.75, 3.05) is 26.2 Å². The lowest BCUT2D eigenvalue weighted by molar-refractivity contribution is -0.148. The molecule has 8 heteroatoms.